The number of ether oxygens (including phenoxy) is 1. The van der Waals surface area contributed by atoms with Gasteiger partial charge in [-0.05, 0) is 63.5 Å². The van der Waals surface area contributed by atoms with E-state index >= 15 is 0 Å². The number of nitrogens with one attached hydrogen (secondary N) is 2. The van der Waals surface area contributed by atoms with E-state index in [1.54, 1.807) is 0 Å². The SMILES string of the molecule is CN=C(NCCCOCC1CC1)NCC(CC(C)C)N1CCCC1.I. The van der Waals surface area contributed by atoms with E-state index in [1.807, 2.05) is 7.05 Å². The smallest absolute Gasteiger partial charge is 0.191 e. The maximum absolute atomic E-state index is 5.68. The van der Waals surface area contributed by atoms with Crippen molar-refractivity contribution in [3.8, 4) is 0 Å². The van der Waals surface area contributed by atoms with Crippen LogP contribution >= 0.6 is 24.0 Å². The summed E-state index contributed by atoms with van der Waals surface area (Å²) >= 11 is 0. The summed E-state index contributed by atoms with van der Waals surface area (Å²) in [7, 11) is 1.85. The Morgan fingerprint density at radius 2 is 1.92 bits per heavy atom. The van der Waals surface area contributed by atoms with Crippen LogP contribution in [-0.4, -0.2) is 63.3 Å². The third kappa shape index (κ3) is 9.99. The molecule has 1 heterocycles. The van der Waals surface area contributed by atoms with Crippen molar-refractivity contribution in [2.75, 3.05) is 46.4 Å². The van der Waals surface area contributed by atoms with E-state index in [2.05, 4.69) is 34.4 Å². The van der Waals surface area contributed by atoms with Crippen LogP contribution in [-0.2, 0) is 4.74 Å². The van der Waals surface area contributed by atoms with E-state index in [-0.39, 0.29) is 24.0 Å². The van der Waals surface area contributed by atoms with E-state index < -0.39 is 0 Å². The average molecular weight is 466 g/mol. The minimum absolute atomic E-state index is 0. The Kier molecular flexibility index (Phi) is 12.1. The van der Waals surface area contributed by atoms with Crippen LogP contribution in [0.4, 0.5) is 0 Å². The molecule has 0 bridgehead atoms. The maximum Gasteiger partial charge on any atom is 0.191 e. The Balaban J connectivity index is 0.00000312. The van der Waals surface area contributed by atoms with Gasteiger partial charge in [0, 0.05) is 39.4 Å². The lowest BCUT2D eigenvalue weighted by Crippen LogP contribution is -2.47. The molecule has 0 aromatic heterocycles. The summed E-state index contributed by atoms with van der Waals surface area (Å²) in [5.41, 5.74) is 0. The fourth-order valence-electron chi connectivity index (χ4n) is 3.36. The Morgan fingerprint density at radius 1 is 1.20 bits per heavy atom. The molecule has 0 radical (unpaired) electrons. The summed E-state index contributed by atoms with van der Waals surface area (Å²) in [6, 6.07) is 0.618. The van der Waals surface area contributed by atoms with Crippen molar-refractivity contribution in [1.82, 2.24) is 15.5 Å². The zero-order chi connectivity index (χ0) is 17.2. The van der Waals surface area contributed by atoms with Crippen LogP contribution < -0.4 is 10.6 Å². The summed E-state index contributed by atoms with van der Waals surface area (Å²) in [5, 5.41) is 6.94. The third-order valence-corrected chi connectivity index (χ3v) is 4.94. The molecule has 6 heteroatoms. The zero-order valence-electron chi connectivity index (χ0n) is 16.4. The Bertz CT molecular complexity index is 368. The topological polar surface area (TPSA) is 48.9 Å². The first kappa shape index (κ1) is 23.0. The molecule has 148 valence electrons. The van der Waals surface area contributed by atoms with Gasteiger partial charge < -0.3 is 15.4 Å². The number of hydrogen-bond acceptors (Lipinski definition) is 3. The van der Waals surface area contributed by atoms with Gasteiger partial charge in [-0.25, -0.2) is 0 Å². The summed E-state index contributed by atoms with van der Waals surface area (Å²) in [6.07, 6.45) is 7.71. The lowest BCUT2D eigenvalue weighted by Gasteiger charge is -2.29. The number of rotatable bonds is 11. The largest absolute Gasteiger partial charge is 0.381 e. The van der Waals surface area contributed by atoms with Gasteiger partial charge >= 0.3 is 0 Å². The van der Waals surface area contributed by atoms with Gasteiger partial charge in [-0.2, -0.15) is 0 Å². The maximum atomic E-state index is 5.68. The number of aliphatic imine (C=N–C) groups is 1. The fraction of sp³-hybridized carbons (Fsp3) is 0.947. The fourth-order valence-corrected chi connectivity index (χ4v) is 3.36. The highest BCUT2D eigenvalue weighted by Crippen LogP contribution is 2.28. The van der Waals surface area contributed by atoms with Crippen molar-refractivity contribution in [3.63, 3.8) is 0 Å². The first-order chi connectivity index (χ1) is 11.7. The molecule has 2 aliphatic rings. The molecule has 2 rings (SSSR count). The van der Waals surface area contributed by atoms with E-state index in [0.717, 1.165) is 50.5 Å². The van der Waals surface area contributed by atoms with Crippen LogP contribution in [0.2, 0.25) is 0 Å². The summed E-state index contributed by atoms with van der Waals surface area (Å²) in [5.74, 6) is 2.51. The molecule has 0 spiro atoms. The molecular weight excluding hydrogens is 427 g/mol. The van der Waals surface area contributed by atoms with E-state index in [1.165, 1.54) is 45.2 Å². The molecule has 0 aromatic carbocycles. The van der Waals surface area contributed by atoms with E-state index in [9.17, 15) is 0 Å². The summed E-state index contributed by atoms with van der Waals surface area (Å²) in [4.78, 5) is 7.00. The minimum Gasteiger partial charge on any atom is -0.381 e. The molecule has 2 fully saturated rings. The standard InChI is InChI=1S/C19H38N4O.HI/c1-16(2)13-18(23-10-4-5-11-23)14-22-19(20-3)21-9-6-12-24-15-17-7-8-17;/h16-18H,4-15H2,1-3H3,(H2,20,21,22);1H. The molecule has 1 atom stereocenters. The quantitative estimate of drug-likeness (QED) is 0.213. The van der Waals surface area contributed by atoms with Crippen molar-refractivity contribution in [2.24, 2.45) is 16.8 Å². The second-order valence-corrected chi connectivity index (χ2v) is 7.78. The summed E-state index contributed by atoms with van der Waals surface area (Å²) in [6.45, 7) is 10.9. The summed E-state index contributed by atoms with van der Waals surface area (Å²) < 4.78 is 5.68. The average Bonchev–Trinajstić information content (AvgIpc) is 3.22. The molecule has 5 nitrogen and oxygen atoms in total. The number of guanidine groups is 1. The van der Waals surface area contributed by atoms with Crippen LogP contribution in [0, 0.1) is 11.8 Å². The predicted molar refractivity (Wildman–Crippen MR) is 117 cm³/mol. The lowest BCUT2D eigenvalue weighted by atomic mass is 10.0. The zero-order valence-corrected chi connectivity index (χ0v) is 18.8. The molecule has 1 unspecified atom stereocenters. The van der Waals surface area contributed by atoms with Crippen LogP contribution in [0.3, 0.4) is 0 Å². The van der Waals surface area contributed by atoms with Gasteiger partial charge in [-0.3, -0.25) is 9.89 Å². The monoisotopic (exact) mass is 466 g/mol. The highest BCUT2D eigenvalue weighted by Gasteiger charge is 2.23. The molecular formula is C19H39IN4O. The van der Waals surface area contributed by atoms with E-state index in [4.69, 9.17) is 4.74 Å². The predicted octanol–water partition coefficient (Wildman–Crippen LogP) is 3.10. The molecule has 1 aliphatic heterocycles. The van der Waals surface area contributed by atoms with Crippen LogP contribution in [0.5, 0.6) is 0 Å². The number of hydrogen-bond donors (Lipinski definition) is 2. The molecule has 1 aliphatic carbocycles. The lowest BCUT2D eigenvalue weighted by molar-refractivity contribution is 0.123. The first-order valence-corrected chi connectivity index (χ1v) is 9.95. The van der Waals surface area contributed by atoms with Crippen LogP contribution in [0.1, 0.15) is 52.4 Å². The molecule has 25 heavy (non-hydrogen) atoms. The molecule has 0 aromatic rings. The van der Waals surface area contributed by atoms with Gasteiger partial charge in [-0.1, -0.05) is 13.8 Å². The number of likely N-dealkylation sites (tertiary alicyclic amines) is 1. The van der Waals surface area contributed by atoms with Gasteiger partial charge in [0.25, 0.3) is 0 Å². The third-order valence-electron chi connectivity index (χ3n) is 4.94. The molecule has 1 saturated carbocycles. The molecule has 2 N–H and O–H groups in total. The van der Waals surface area contributed by atoms with Crippen molar-refractivity contribution >= 4 is 29.9 Å². The van der Waals surface area contributed by atoms with Crippen molar-refractivity contribution in [2.45, 2.75) is 58.4 Å². The van der Waals surface area contributed by atoms with E-state index in [0.29, 0.717) is 6.04 Å². The van der Waals surface area contributed by atoms with Crippen molar-refractivity contribution in [3.05, 3.63) is 0 Å². The minimum atomic E-state index is 0. The van der Waals surface area contributed by atoms with Crippen molar-refractivity contribution < 1.29 is 4.74 Å². The van der Waals surface area contributed by atoms with Crippen molar-refractivity contribution in [1.29, 1.82) is 0 Å². The highest BCUT2D eigenvalue weighted by molar-refractivity contribution is 14.0. The highest BCUT2D eigenvalue weighted by atomic mass is 127. The van der Waals surface area contributed by atoms with Gasteiger partial charge in [0.15, 0.2) is 5.96 Å². The number of nitrogens with zero attached hydrogens (tertiary/aromatic N) is 2. The van der Waals surface area contributed by atoms with Gasteiger partial charge in [0.05, 0.1) is 0 Å². The van der Waals surface area contributed by atoms with Gasteiger partial charge in [-0.15, -0.1) is 24.0 Å². The number of halogens is 1. The Hall–Kier alpha value is -0.0800. The molecule has 0 amide bonds. The Morgan fingerprint density at radius 3 is 2.52 bits per heavy atom. The van der Waals surface area contributed by atoms with Crippen LogP contribution in [0.15, 0.2) is 4.99 Å². The Labute approximate surface area is 171 Å². The second kappa shape index (κ2) is 13.1. The van der Waals surface area contributed by atoms with Gasteiger partial charge in [0.1, 0.15) is 0 Å². The van der Waals surface area contributed by atoms with Gasteiger partial charge in [0.2, 0.25) is 0 Å². The van der Waals surface area contributed by atoms with Crippen LogP contribution in [0.25, 0.3) is 0 Å². The second-order valence-electron chi connectivity index (χ2n) is 7.78. The normalized spacial score (nSPS) is 19.8. The first-order valence-electron chi connectivity index (χ1n) is 9.95. The molecule has 1 saturated heterocycles.